The van der Waals surface area contributed by atoms with E-state index in [0.29, 0.717) is 24.0 Å². The fourth-order valence-corrected chi connectivity index (χ4v) is 2.88. The average molecular weight is 334 g/mol. The van der Waals surface area contributed by atoms with Crippen molar-refractivity contribution in [2.24, 2.45) is 5.92 Å². The molecule has 0 atom stereocenters. The zero-order chi connectivity index (χ0) is 17.4. The minimum atomic E-state index is -0.464. The van der Waals surface area contributed by atoms with Gasteiger partial charge in [0.2, 0.25) is 0 Å². The van der Waals surface area contributed by atoms with Crippen molar-refractivity contribution in [1.82, 2.24) is 0 Å². The second-order valence-electron chi connectivity index (χ2n) is 6.32. The quantitative estimate of drug-likeness (QED) is 0.560. The van der Waals surface area contributed by atoms with Crippen LogP contribution in [-0.4, -0.2) is 25.7 Å². The average Bonchev–Trinajstić information content (AvgIpc) is 2.59. The second kappa shape index (κ2) is 9.30. The van der Waals surface area contributed by atoms with Crippen molar-refractivity contribution in [2.75, 3.05) is 13.7 Å². The van der Waals surface area contributed by atoms with Gasteiger partial charge in [0.15, 0.2) is 11.5 Å². The lowest BCUT2D eigenvalue weighted by atomic mass is 9.90. The SMILES string of the molecule is COc1ccc(C)cc1OC(=O)CCC(=O)OCC1CCCCC1. The molecule has 24 heavy (non-hydrogen) atoms. The molecule has 0 unspecified atom stereocenters. The molecule has 0 heterocycles. The fraction of sp³-hybridized carbons (Fsp3) is 0.579. The second-order valence-corrected chi connectivity index (χ2v) is 6.32. The Kier molecular flexibility index (Phi) is 7.09. The van der Waals surface area contributed by atoms with Crippen molar-refractivity contribution in [2.45, 2.75) is 51.9 Å². The first-order valence-electron chi connectivity index (χ1n) is 8.59. The van der Waals surface area contributed by atoms with Gasteiger partial charge in [-0.15, -0.1) is 0 Å². The summed E-state index contributed by atoms with van der Waals surface area (Å²) in [6, 6.07) is 5.35. The molecule has 0 aliphatic heterocycles. The molecule has 1 aliphatic carbocycles. The molecule has 1 fully saturated rings. The molecule has 132 valence electrons. The summed E-state index contributed by atoms with van der Waals surface area (Å²) in [6.07, 6.45) is 6.00. The zero-order valence-electron chi connectivity index (χ0n) is 14.5. The maximum atomic E-state index is 11.9. The van der Waals surface area contributed by atoms with E-state index in [0.717, 1.165) is 18.4 Å². The van der Waals surface area contributed by atoms with Gasteiger partial charge >= 0.3 is 11.9 Å². The van der Waals surface area contributed by atoms with Crippen LogP contribution >= 0.6 is 0 Å². The zero-order valence-corrected chi connectivity index (χ0v) is 14.5. The molecule has 0 amide bonds. The number of ether oxygens (including phenoxy) is 3. The van der Waals surface area contributed by atoms with Crippen LogP contribution in [-0.2, 0) is 14.3 Å². The largest absolute Gasteiger partial charge is 0.493 e. The van der Waals surface area contributed by atoms with E-state index in [9.17, 15) is 9.59 Å². The summed E-state index contributed by atoms with van der Waals surface area (Å²) in [5.74, 6) is 0.542. The third-order valence-electron chi connectivity index (χ3n) is 4.28. The van der Waals surface area contributed by atoms with E-state index in [1.54, 1.807) is 12.1 Å². The first-order chi connectivity index (χ1) is 11.6. The van der Waals surface area contributed by atoms with Gasteiger partial charge in [-0.3, -0.25) is 9.59 Å². The van der Waals surface area contributed by atoms with Gasteiger partial charge in [0, 0.05) is 0 Å². The van der Waals surface area contributed by atoms with Crippen molar-refractivity contribution in [3.63, 3.8) is 0 Å². The van der Waals surface area contributed by atoms with E-state index >= 15 is 0 Å². The van der Waals surface area contributed by atoms with Gasteiger partial charge in [-0.2, -0.15) is 0 Å². The Balaban J connectivity index is 1.72. The highest BCUT2D eigenvalue weighted by Crippen LogP contribution is 2.28. The Bertz CT molecular complexity index is 561. The van der Waals surface area contributed by atoms with E-state index in [1.165, 1.54) is 26.4 Å². The summed E-state index contributed by atoms with van der Waals surface area (Å²) in [5.41, 5.74) is 0.963. The molecule has 0 saturated heterocycles. The summed E-state index contributed by atoms with van der Waals surface area (Å²) in [4.78, 5) is 23.7. The van der Waals surface area contributed by atoms with Crippen LogP contribution in [0.25, 0.3) is 0 Å². The van der Waals surface area contributed by atoms with E-state index < -0.39 is 5.97 Å². The Morgan fingerprint density at radius 2 is 1.75 bits per heavy atom. The number of methoxy groups -OCH3 is 1. The number of benzene rings is 1. The van der Waals surface area contributed by atoms with Crippen molar-refractivity contribution in [3.05, 3.63) is 23.8 Å². The van der Waals surface area contributed by atoms with Gasteiger partial charge in [-0.1, -0.05) is 25.3 Å². The lowest BCUT2D eigenvalue weighted by Gasteiger charge is -2.20. The molecule has 1 aliphatic rings. The van der Waals surface area contributed by atoms with Crippen molar-refractivity contribution in [1.29, 1.82) is 0 Å². The lowest BCUT2D eigenvalue weighted by molar-refractivity contribution is -0.148. The third kappa shape index (κ3) is 5.87. The molecule has 1 aromatic carbocycles. The van der Waals surface area contributed by atoms with Crippen LogP contribution < -0.4 is 9.47 Å². The molecule has 2 rings (SSSR count). The predicted octanol–water partition coefficient (Wildman–Crippen LogP) is 3.81. The highest BCUT2D eigenvalue weighted by Gasteiger charge is 2.17. The fourth-order valence-electron chi connectivity index (χ4n) is 2.88. The molecule has 0 spiro atoms. The monoisotopic (exact) mass is 334 g/mol. The van der Waals surface area contributed by atoms with Crippen LogP contribution in [0, 0.1) is 12.8 Å². The van der Waals surface area contributed by atoms with E-state index in [2.05, 4.69) is 0 Å². The first-order valence-corrected chi connectivity index (χ1v) is 8.59. The van der Waals surface area contributed by atoms with Crippen LogP contribution in [0.5, 0.6) is 11.5 Å². The molecule has 0 radical (unpaired) electrons. The van der Waals surface area contributed by atoms with Gasteiger partial charge in [-0.25, -0.2) is 0 Å². The minimum Gasteiger partial charge on any atom is -0.493 e. The number of carbonyl (C=O) groups is 2. The Labute approximate surface area is 143 Å². The molecule has 0 N–H and O–H groups in total. The molecular weight excluding hydrogens is 308 g/mol. The number of esters is 2. The highest BCUT2D eigenvalue weighted by atomic mass is 16.6. The van der Waals surface area contributed by atoms with Crippen molar-refractivity contribution < 1.29 is 23.8 Å². The Hall–Kier alpha value is -2.04. The van der Waals surface area contributed by atoms with Crippen LogP contribution in [0.3, 0.4) is 0 Å². The molecule has 1 saturated carbocycles. The molecule has 0 aromatic heterocycles. The molecular formula is C19H26O5. The topological polar surface area (TPSA) is 61.8 Å². The summed E-state index contributed by atoms with van der Waals surface area (Å²) in [5, 5.41) is 0. The maximum Gasteiger partial charge on any atom is 0.311 e. The Morgan fingerprint density at radius 1 is 1.04 bits per heavy atom. The van der Waals surface area contributed by atoms with Gasteiger partial charge < -0.3 is 14.2 Å². The molecule has 1 aromatic rings. The van der Waals surface area contributed by atoms with Crippen LogP contribution in [0.2, 0.25) is 0 Å². The lowest BCUT2D eigenvalue weighted by Crippen LogP contribution is -2.18. The standard InChI is InChI=1S/C19H26O5/c1-14-8-9-16(22-2)17(12-14)24-19(21)11-10-18(20)23-13-15-6-4-3-5-7-15/h8-9,12,15H,3-7,10-11,13H2,1-2H3. The van der Waals surface area contributed by atoms with Crippen LogP contribution in [0.4, 0.5) is 0 Å². The van der Waals surface area contributed by atoms with E-state index in [-0.39, 0.29) is 18.8 Å². The van der Waals surface area contributed by atoms with Crippen LogP contribution in [0.15, 0.2) is 18.2 Å². The molecule has 0 bridgehead atoms. The van der Waals surface area contributed by atoms with E-state index in [1.807, 2.05) is 13.0 Å². The number of carbonyl (C=O) groups excluding carboxylic acids is 2. The smallest absolute Gasteiger partial charge is 0.311 e. The molecule has 5 nitrogen and oxygen atoms in total. The number of rotatable bonds is 7. The van der Waals surface area contributed by atoms with Crippen molar-refractivity contribution >= 4 is 11.9 Å². The number of aryl methyl sites for hydroxylation is 1. The third-order valence-corrected chi connectivity index (χ3v) is 4.28. The normalized spacial score (nSPS) is 14.9. The minimum absolute atomic E-state index is 0.000591. The van der Waals surface area contributed by atoms with Crippen molar-refractivity contribution in [3.8, 4) is 11.5 Å². The van der Waals surface area contributed by atoms with Crippen LogP contribution in [0.1, 0.15) is 50.5 Å². The number of hydrogen-bond donors (Lipinski definition) is 0. The van der Waals surface area contributed by atoms with Gasteiger partial charge in [-0.05, 0) is 43.4 Å². The number of hydrogen-bond acceptors (Lipinski definition) is 5. The van der Waals surface area contributed by atoms with Gasteiger partial charge in [0.1, 0.15) is 0 Å². The summed E-state index contributed by atoms with van der Waals surface area (Å²) in [7, 11) is 1.52. The Morgan fingerprint density at radius 3 is 2.46 bits per heavy atom. The summed E-state index contributed by atoms with van der Waals surface area (Å²) in [6.45, 7) is 2.37. The van der Waals surface area contributed by atoms with E-state index in [4.69, 9.17) is 14.2 Å². The highest BCUT2D eigenvalue weighted by molar-refractivity contribution is 5.79. The molecule has 5 heteroatoms. The summed E-state index contributed by atoms with van der Waals surface area (Å²) >= 11 is 0. The van der Waals surface area contributed by atoms with Gasteiger partial charge in [0.25, 0.3) is 0 Å². The summed E-state index contributed by atoms with van der Waals surface area (Å²) < 4.78 is 15.7. The maximum absolute atomic E-state index is 11.9. The predicted molar refractivity (Wildman–Crippen MR) is 90.1 cm³/mol. The first kappa shape index (κ1) is 18.3. The van der Waals surface area contributed by atoms with Gasteiger partial charge in [0.05, 0.1) is 26.6 Å².